The Labute approximate surface area is 162 Å². The van der Waals surface area contributed by atoms with Gasteiger partial charge in [0.1, 0.15) is 11.4 Å². The van der Waals surface area contributed by atoms with Gasteiger partial charge in [-0.25, -0.2) is 4.98 Å². The first-order valence-corrected chi connectivity index (χ1v) is 9.34. The molecule has 0 atom stereocenters. The summed E-state index contributed by atoms with van der Waals surface area (Å²) in [5.74, 6) is 0.445. The van der Waals surface area contributed by atoms with Crippen LogP contribution in [0.1, 0.15) is 27.0 Å². The monoisotopic (exact) mass is 369 g/mol. The van der Waals surface area contributed by atoms with Crippen LogP contribution in [-0.2, 0) is 12.8 Å². The van der Waals surface area contributed by atoms with Crippen LogP contribution in [0.5, 0.6) is 0 Å². The summed E-state index contributed by atoms with van der Waals surface area (Å²) >= 11 is 0. The number of aromatic nitrogens is 1. The molecule has 5 rings (SSSR count). The fourth-order valence-electron chi connectivity index (χ4n) is 3.75. The van der Waals surface area contributed by atoms with E-state index in [-0.39, 0.29) is 5.91 Å². The minimum Gasteiger partial charge on any atom is -0.464 e. The molecule has 3 heterocycles. The third kappa shape index (κ3) is 3.11. The highest BCUT2D eigenvalue weighted by molar-refractivity contribution is 6.06. The van der Waals surface area contributed by atoms with Crippen LogP contribution in [0.15, 0.2) is 71.5 Å². The maximum absolute atomic E-state index is 12.8. The number of carbonyl (C=O) groups is 1. The zero-order valence-corrected chi connectivity index (χ0v) is 15.2. The van der Waals surface area contributed by atoms with E-state index in [2.05, 4.69) is 27.8 Å². The van der Waals surface area contributed by atoms with E-state index in [0.717, 1.165) is 47.2 Å². The van der Waals surface area contributed by atoms with Gasteiger partial charge in [0, 0.05) is 29.4 Å². The van der Waals surface area contributed by atoms with E-state index in [9.17, 15) is 4.79 Å². The van der Waals surface area contributed by atoms with Crippen LogP contribution in [0.2, 0.25) is 0 Å². The van der Waals surface area contributed by atoms with Crippen LogP contribution >= 0.6 is 0 Å². The zero-order chi connectivity index (χ0) is 18.9. The normalized spacial score (nSPS) is 12.6. The Balaban J connectivity index is 1.35. The molecule has 1 amide bonds. The van der Waals surface area contributed by atoms with Crippen LogP contribution < -0.4 is 10.6 Å². The molecular formula is C23H19N3O2. The van der Waals surface area contributed by atoms with Crippen molar-refractivity contribution in [2.45, 2.75) is 12.8 Å². The van der Waals surface area contributed by atoms with E-state index in [1.165, 1.54) is 5.56 Å². The minimum atomic E-state index is -0.120. The van der Waals surface area contributed by atoms with Crippen molar-refractivity contribution in [2.75, 3.05) is 17.2 Å². The molecular weight excluding hydrogens is 350 g/mol. The average Bonchev–Trinajstić information content (AvgIpc) is 3.36. The predicted molar refractivity (Wildman–Crippen MR) is 110 cm³/mol. The molecule has 0 bridgehead atoms. The third-order valence-corrected chi connectivity index (χ3v) is 5.10. The lowest BCUT2D eigenvalue weighted by molar-refractivity contribution is 0.102. The molecule has 2 aromatic heterocycles. The second-order valence-electron chi connectivity index (χ2n) is 6.98. The zero-order valence-electron chi connectivity index (χ0n) is 15.2. The van der Waals surface area contributed by atoms with Crippen molar-refractivity contribution in [1.29, 1.82) is 0 Å². The number of rotatable bonds is 4. The maximum atomic E-state index is 12.8. The number of hydrogen-bond acceptors (Lipinski definition) is 4. The molecule has 0 fully saturated rings. The van der Waals surface area contributed by atoms with E-state index in [1.54, 1.807) is 12.5 Å². The van der Waals surface area contributed by atoms with Crippen molar-refractivity contribution in [2.24, 2.45) is 0 Å². The number of furan rings is 1. The number of nitrogens with one attached hydrogen (secondary N) is 2. The minimum absolute atomic E-state index is 0.120. The van der Waals surface area contributed by atoms with Gasteiger partial charge in [-0.05, 0) is 72.0 Å². The summed E-state index contributed by atoms with van der Waals surface area (Å²) in [4.78, 5) is 17.1. The molecule has 2 N–H and O–H groups in total. The van der Waals surface area contributed by atoms with Gasteiger partial charge in [0.2, 0.25) is 0 Å². The fourth-order valence-corrected chi connectivity index (χ4v) is 3.75. The van der Waals surface area contributed by atoms with Crippen LogP contribution in [0.4, 0.5) is 11.5 Å². The summed E-state index contributed by atoms with van der Waals surface area (Å²) in [6.45, 7) is 0.869. The van der Waals surface area contributed by atoms with Crippen LogP contribution in [0, 0.1) is 0 Å². The smallest absolute Gasteiger partial charge is 0.257 e. The second-order valence-corrected chi connectivity index (χ2v) is 6.98. The molecule has 2 aromatic carbocycles. The molecule has 0 aliphatic carbocycles. The third-order valence-electron chi connectivity index (χ3n) is 5.10. The Bertz CT molecular complexity index is 1180. The average molecular weight is 369 g/mol. The molecule has 0 saturated heterocycles. The number of hydrogen-bond donors (Lipinski definition) is 2. The maximum Gasteiger partial charge on any atom is 0.257 e. The van der Waals surface area contributed by atoms with Crippen LogP contribution in [0.3, 0.4) is 0 Å². The van der Waals surface area contributed by atoms with Crippen molar-refractivity contribution < 1.29 is 9.21 Å². The summed E-state index contributed by atoms with van der Waals surface area (Å²) in [5.41, 5.74) is 5.99. The van der Waals surface area contributed by atoms with Gasteiger partial charge in [0.05, 0.1) is 6.26 Å². The molecule has 5 heteroatoms. The van der Waals surface area contributed by atoms with Crippen molar-refractivity contribution in [3.63, 3.8) is 0 Å². The summed E-state index contributed by atoms with van der Waals surface area (Å²) in [5, 5.41) is 7.34. The van der Waals surface area contributed by atoms with Gasteiger partial charge in [-0.2, -0.15) is 0 Å². The highest BCUT2D eigenvalue weighted by Crippen LogP contribution is 2.26. The highest BCUT2D eigenvalue weighted by atomic mass is 16.3. The Morgan fingerprint density at radius 1 is 1.11 bits per heavy atom. The molecule has 0 spiro atoms. The summed E-state index contributed by atoms with van der Waals surface area (Å²) < 4.78 is 5.40. The van der Waals surface area contributed by atoms with Gasteiger partial charge in [0.15, 0.2) is 0 Å². The number of amides is 1. The van der Waals surface area contributed by atoms with Gasteiger partial charge in [-0.1, -0.05) is 12.1 Å². The largest absolute Gasteiger partial charge is 0.464 e. The Kier molecular flexibility index (Phi) is 4.05. The van der Waals surface area contributed by atoms with Crippen molar-refractivity contribution in [3.05, 3.63) is 89.3 Å². The second kappa shape index (κ2) is 6.85. The quantitative estimate of drug-likeness (QED) is 0.550. The topological polar surface area (TPSA) is 67.2 Å². The Hall–Kier alpha value is -3.60. The number of fused-ring (bicyclic) bond motifs is 2. The lowest BCUT2D eigenvalue weighted by Gasteiger charge is -2.10. The number of benzene rings is 2. The summed E-state index contributed by atoms with van der Waals surface area (Å²) in [6.07, 6.45) is 5.06. The van der Waals surface area contributed by atoms with E-state index in [0.29, 0.717) is 11.4 Å². The van der Waals surface area contributed by atoms with E-state index in [1.807, 2.05) is 42.5 Å². The molecule has 1 aliphatic rings. The Morgan fingerprint density at radius 2 is 2.04 bits per heavy atom. The number of pyridine rings is 1. The lowest BCUT2D eigenvalue weighted by Crippen LogP contribution is -2.15. The highest BCUT2D eigenvalue weighted by Gasteiger charge is 2.18. The fraction of sp³-hybridized carbons (Fsp3) is 0.130. The number of carbonyl (C=O) groups excluding carboxylic acids is 1. The van der Waals surface area contributed by atoms with Gasteiger partial charge < -0.3 is 15.1 Å². The molecule has 5 nitrogen and oxygen atoms in total. The SMILES string of the molecule is O=C(Nc1cc(Cc2ccc3occc3c2)ccn1)c1cccc2c1CCN2. The van der Waals surface area contributed by atoms with Crippen LogP contribution in [-0.4, -0.2) is 17.4 Å². The molecule has 28 heavy (non-hydrogen) atoms. The van der Waals surface area contributed by atoms with Crippen molar-refractivity contribution in [1.82, 2.24) is 4.98 Å². The molecule has 0 unspecified atom stereocenters. The van der Waals surface area contributed by atoms with Crippen LogP contribution in [0.25, 0.3) is 11.0 Å². The predicted octanol–water partition coefficient (Wildman–Crippen LogP) is 4.64. The molecule has 1 aliphatic heterocycles. The Morgan fingerprint density at radius 3 is 3.00 bits per heavy atom. The first-order chi connectivity index (χ1) is 13.8. The first kappa shape index (κ1) is 16.6. The first-order valence-electron chi connectivity index (χ1n) is 9.34. The van der Waals surface area contributed by atoms with E-state index >= 15 is 0 Å². The van der Waals surface area contributed by atoms with Crippen molar-refractivity contribution >= 4 is 28.4 Å². The van der Waals surface area contributed by atoms with Gasteiger partial charge in [0.25, 0.3) is 5.91 Å². The van der Waals surface area contributed by atoms with Gasteiger partial charge >= 0.3 is 0 Å². The standard InChI is InChI=1S/C23H19N3O2/c27-23(19-2-1-3-20-18(19)7-10-24-20)26-22-14-16(6-9-25-22)12-15-4-5-21-17(13-15)8-11-28-21/h1-6,8-9,11,13-14,24H,7,10,12H2,(H,25,26,27). The number of nitrogens with zero attached hydrogens (tertiary/aromatic N) is 1. The number of anilines is 2. The lowest BCUT2D eigenvalue weighted by atomic mass is 10.0. The van der Waals surface area contributed by atoms with Gasteiger partial charge in [-0.15, -0.1) is 0 Å². The van der Waals surface area contributed by atoms with Crippen molar-refractivity contribution in [3.8, 4) is 0 Å². The molecule has 138 valence electrons. The summed E-state index contributed by atoms with van der Waals surface area (Å²) in [6, 6.07) is 17.8. The van der Waals surface area contributed by atoms with E-state index < -0.39 is 0 Å². The molecule has 0 saturated carbocycles. The molecule has 0 radical (unpaired) electrons. The van der Waals surface area contributed by atoms with Gasteiger partial charge in [-0.3, -0.25) is 4.79 Å². The molecule has 4 aromatic rings. The van der Waals surface area contributed by atoms with E-state index in [4.69, 9.17) is 4.42 Å². The summed E-state index contributed by atoms with van der Waals surface area (Å²) in [7, 11) is 0.